The van der Waals surface area contributed by atoms with Crippen LogP contribution in [0.3, 0.4) is 0 Å². The molecule has 0 radical (unpaired) electrons. The molecule has 3 N–H and O–H groups in total. The molecule has 6 rings (SSSR count). The lowest BCUT2D eigenvalue weighted by Crippen LogP contribution is -2.59. The highest BCUT2D eigenvalue weighted by atomic mass is 32.2. The fraction of sp³-hybridized carbons (Fsp3) is 0.455. The molecule has 0 saturated carbocycles. The Morgan fingerprint density at radius 3 is 2.45 bits per heavy atom. The predicted molar refractivity (Wildman–Crippen MR) is 188 cm³/mol. The Balaban J connectivity index is 1.32. The van der Waals surface area contributed by atoms with E-state index >= 15 is 0 Å². The van der Waals surface area contributed by atoms with Crippen LogP contribution in [0.15, 0.2) is 70.7 Å². The number of piperidine rings is 1. The van der Waals surface area contributed by atoms with Crippen molar-refractivity contribution in [3.8, 4) is 28.4 Å². The van der Waals surface area contributed by atoms with Crippen molar-refractivity contribution in [2.45, 2.75) is 71.2 Å². The molecular weight excluding hydrogens is 699 g/mol. The number of aryl methyl sites for hydroxylation is 1. The first-order valence-electron chi connectivity index (χ1n) is 16.4. The van der Waals surface area contributed by atoms with Gasteiger partial charge in [-0.1, -0.05) is 53.7 Å². The van der Waals surface area contributed by atoms with Crippen LogP contribution in [0.1, 0.15) is 54.4 Å². The third-order valence-electron chi connectivity index (χ3n) is 8.76. The number of ether oxygens (including phenoxy) is 1. The topological polar surface area (TPSA) is 199 Å². The van der Waals surface area contributed by atoms with E-state index in [2.05, 4.69) is 15.4 Å². The molecular formula is C33H43N8O8PS. The van der Waals surface area contributed by atoms with Gasteiger partial charge in [0.2, 0.25) is 11.7 Å². The second-order valence-electron chi connectivity index (χ2n) is 14.6. The van der Waals surface area contributed by atoms with E-state index in [1.54, 1.807) is 95.8 Å². The van der Waals surface area contributed by atoms with Gasteiger partial charge in [0, 0.05) is 61.2 Å². The summed E-state index contributed by atoms with van der Waals surface area (Å²) in [6.45, 7) is 11.4. The lowest BCUT2D eigenvalue weighted by Gasteiger charge is -2.51. The van der Waals surface area contributed by atoms with Crippen LogP contribution in [-0.4, -0.2) is 76.6 Å². The average molecular weight is 743 g/mol. The van der Waals surface area contributed by atoms with Gasteiger partial charge in [0.25, 0.3) is 10.0 Å². The summed E-state index contributed by atoms with van der Waals surface area (Å²) < 4.78 is 61.1. The third-order valence-corrected chi connectivity index (χ3v) is 11.0. The molecule has 1 atom stereocenters. The first kappa shape index (κ1) is 36.7. The standard InChI is InChI=1S/C33H43N8O8PS/c1-31(2,3)33(32(4,5)6,49-50(42,43)44)48-24-12-8-10-22(20-24)27-28(41-18-19-47-30(41)37-27)25-13-15-34-29(36-25)35-23-11-9-16-40(21-23)51(45,46)26-14-17-39(7)38-26/h8,10,12-15,17-20,23H,9,11,16,21H2,1-7H3,(H,34,35,36)(H2,42,43,44)/t23-/m1/s1. The zero-order valence-corrected chi connectivity index (χ0v) is 31.2. The number of sulfonamides is 1. The van der Waals surface area contributed by atoms with Crippen LogP contribution in [0, 0.1) is 10.8 Å². The summed E-state index contributed by atoms with van der Waals surface area (Å²) >= 11 is 0. The monoisotopic (exact) mass is 742 g/mol. The van der Waals surface area contributed by atoms with Crippen molar-refractivity contribution in [3.05, 3.63) is 61.3 Å². The van der Waals surface area contributed by atoms with Gasteiger partial charge in [-0.15, -0.1) is 0 Å². The number of oxazole rings is 1. The SMILES string of the molecule is Cn1ccc(S(=O)(=O)N2CCC[C@@H](Nc3nccc(-c4c(-c5cccc(OC(OP(=O)(O)O)(C(C)(C)C)C(C)(C)C)c5)nc5occn45)n3)C2)n1. The first-order chi connectivity index (χ1) is 23.8. The van der Waals surface area contributed by atoms with E-state index in [0.29, 0.717) is 53.2 Å². The Labute approximate surface area is 296 Å². The van der Waals surface area contributed by atoms with E-state index in [1.165, 1.54) is 21.3 Å². The minimum atomic E-state index is -5.00. The summed E-state index contributed by atoms with van der Waals surface area (Å²) in [5.74, 6) is -0.827. The molecule has 16 nitrogen and oxygen atoms in total. The third kappa shape index (κ3) is 7.32. The van der Waals surface area contributed by atoms with Gasteiger partial charge in [0.05, 0.1) is 5.69 Å². The van der Waals surface area contributed by atoms with Crippen molar-refractivity contribution in [2.24, 2.45) is 17.9 Å². The highest BCUT2D eigenvalue weighted by Gasteiger charge is 2.58. The molecule has 0 spiro atoms. The number of fused-ring (bicyclic) bond motifs is 1. The Bertz CT molecular complexity index is 2180. The number of phosphoric ester groups is 1. The molecule has 1 aliphatic heterocycles. The quantitative estimate of drug-likeness (QED) is 0.123. The smallest absolute Gasteiger partial charge is 0.461 e. The maximum absolute atomic E-state index is 13.3. The number of hydrogen-bond donors (Lipinski definition) is 3. The molecule has 1 aliphatic rings. The summed E-state index contributed by atoms with van der Waals surface area (Å²) in [4.78, 5) is 33.9. The molecule has 0 amide bonds. The number of nitrogens with zero attached hydrogens (tertiary/aromatic N) is 7. The fourth-order valence-electron chi connectivity index (χ4n) is 6.68. The van der Waals surface area contributed by atoms with E-state index in [4.69, 9.17) is 23.6 Å². The number of rotatable bonds is 10. The summed E-state index contributed by atoms with van der Waals surface area (Å²) in [6.07, 6.45) is 7.80. The summed E-state index contributed by atoms with van der Waals surface area (Å²) in [7, 11) is -7.09. The molecule has 1 fully saturated rings. The molecule has 18 heteroatoms. The number of nitrogens with one attached hydrogen (secondary N) is 1. The summed E-state index contributed by atoms with van der Waals surface area (Å²) in [5, 5.41) is 7.43. The van der Waals surface area contributed by atoms with Crippen LogP contribution in [-0.2, 0) is 26.2 Å². The van der Waals surface area contributed by atoms with Gasteiger partial charge in [-0.3, -0.25) is 9.08 Å². The highest BCUT2D eigenvalue weighted by molar-refractivity contribution is 7.89. The highest BCUT2D eigenvalue weighted by Crippen LogP contribution is 2.56. The number of hydrogen-bond acceptors (Lipinski definition) is 11. The van der Waals surface area contributed by atoms with Crippen LogP contribution in [0.25, 0.3) is 28.5 Å². The zero-order chi connectivity index (χ0) is 37.0. The van der Waals surface area contributed by atoms with Crippen LogP contribution in [0.2, 0.25) is 0 Å². The van der Waals surface area contributed by atoms with Crippen LogP contribution in [0.4, 0.5) is 5.95 Å². The van der Waals surface area contributed by atoms with E-state index in [1.807, 2.05) is 6.07 Å². The van der Waals surface area contributed by atoms with Crippen LogP contribution in [0.5, 0.6) is 5.75 Å². The van der Waals surface area contributed by atoms with Gasteiger partial charge in [-0.25, -0.2) is 27.5 Å². The first-order valence-corrected chi connectivity index (χ1v) is 19.4. The van der Waals surface area contributed by atoms with Gasteiger partial charge >= 0.3 is 13.7 Å². The molecule has 1 saturated heterocycles. The minimum absolute atomic E-state index is 0.00702. The van der Waals surface area contributed by atoms with E-state index < -0.39 is 34.5 Å². The van der Waals surface area contributed by atoms with Crippen molar-refractivity contribution in [1.82, 2.24) is 33.4 Å². The van der Waals surface area contributed by atoms with Crippen molar-refractivity contribution in [3.63, 3.8) is 0 Å². The fourth-order valence-corrected chi connectivity index (χ4v) is 9.08. The molecule has 274 valence electrons. The maximum atomic E-state index is 13.3. The van der Waals surface area contributed by atoms with E-state index in [9.17, 15) is 22.8 Å². The molecule has 1 aromatic carbocycles. The normalized spacial score (nSPS) is 16.8. The van der Waals surface area contributed by atoms with Gasteiger partial charge in [-0.05, 0) is 37.1 Å². The summed E-state index contributed by atoms with van der Waals surface area (Å²) in [6, 6.07) is 9.97. The lowest BCUT2D eigenvalue weighted by atomic mass is 9.70. The number of benzene rings is 1. The molecule has 5 aromatic rings. The van der Waals surface area contributed by atoms with Gasteiger partial charge in [0.15, 0.2) is 5.03 Å². The van der Waals surface area contributed by atoms with Crippen LogP contribution < -0.4 is 10.1 Å². The van der Waals surface area contributed by atoms with Gasteiger partial charge in [0.1, 0.15) is 23.4 Å². The van der Waals surface area contributed by atoms with Crippen molar-refractivity contribution in [2.75, 3.05) is 18.4 Å². The number of aromatic nitrogens is 6. The van der Waals surface area contributed by atoms with Crippen molar-refractivity contribution < 1.29 is 36.4 Å². The molecule has 0 aliphatic carbocycles. The number of anilines is 1. The molecule has 5 heterocycles. The second kappa shape index (κ2) is 13.1. The average Bonchev–Trinajstić information content (AvgIpc) is 3.76. The van der Waals surface area contributed by atoms with Crippen molar-refractivity contribution >= 4 is 29.6 Å². The summed E-state index contributed by atoms with van der Waals surface area (Å²) in [5.41, 5.74) is 0.454. The number of imidazole rings is 1. The molecule has 4 aromatic heterocycles. The van der Waals surface area contributed by atoms with E-state index in [0.717, 1.165) is 6.42 Å². The Hall–Kier alpha value is -4.12. The maximum Gasteiger partial charge on any atom is 0.472 e. The second-order valence-corrected chi connectivity index (χ2v) is 17.7. The van der Waals surface area contributed by atoms with Gasteiger partial charge < -0.3 is 24.3 Å². The van der Waals surface area contributed by atoms with E-state index in [-0.39, 0.29) is 17.6 Å². The Morgan fingerprint density at radius 1 is 1.04 bits per heavy atom. The predicted octanol–water partition coefficient (Wildman–Crippen LogP) is 5.33. The van der Waals surface area contributed by atoms with Gasteiger partial charge in [-0.2, -0.15) is 14.4 Å². The Morgan fingerprint density at radius 2 is 1.78 bits per heavy atom. The Kier molecular flexibility index (Phi) is 9.44. The van der Waals surface area contributed by atoms with Crippen LogP contribution >= 0.6 is 7.82 Å². The minimum Gasteiger partial charge on any atom is -0.461 e. The molecule has 0 bridgehead atoms. The lowest BCUT2D eigenvalue weighted by molar-refractivity contribution is -0.255. The molecule has 0 unspecified atom stereocenters. The largest absolute Gasteiger partial charge is 0.472 e. The van der Waals surface area contributed by atoms with Crippen molar-refractivity contribution in [1.29, 1.82) is 0 Å². The zero-order valence-electron chi connectivity index (χ0n) is 29.5. The number of phosphoric acid groups is 1. The molecule has 51 heavy (non-hydrogen) atoms.